The molecule has 83 heavy (non-hydrogen) atoms. The normalized spacial score (nSPS) is 16.8. The van der Waals surface area contributed by atoms with E-state index < -0.39 is 80.1 Å². The highest BCUT2D eigenvalue weighted by molar-refractivity contribution is 7.89. The Morgan fingerprint density at radius 2 is 1.12 bits per heavy atom. The Bertz CT molecular complexity index is 2810. The molecule has 0 aromatic heterocycles. The van der Waals surface area contributed by atoms with Crippen LogP contribution in [0.3, 0.4) is 0 Å². The lowest BCUT2D eigenvalue weighted by atomic mass is 10.0. The number of non-ortho nitro benzene ring substituents is 1. The summed E-state index contributed by atoms with van der Waals surface area (Å²) in [5.74, 6) is -0.879. The van der Waals surface area contributed by atoms with Gasteiger partial charge in [0, 0.05) is 57.4 Å². The molecule has 0 saturated carbocycles. The van der Waals surface area contributed by atoms with Gasteiger partial charge in [0.1, 0.15) is 24.9 Å². The van der Waals surface area contributed by atoms with Crippen LogP contribution in [0.4, 0.5) is 21.0 Å². The molecule has 4 aromatic rings. The fourth-order valence-corrected chi connectivity index (χ4v) is 12.0. The monoisotopic (exact) mass is 1200 g/mol. The van der Waals surface area contributed by atoms with Crippen molar-refractivity contribution in [3.63, 3.8) is 0 Å². The van der Waals surface area contributed by atoms with E-state index in [2.05, 4.69) is 10.6 Å². The Morgan fingerprint density at radius 1 is 0.663 bits per heavy atom. The number of carbonyl (C=O) groups excluding carboxylic acids is 3. The van der Waals surface area contributed by atoms with Gasteiger partial charge >= 0.3 is 18.2 Å². The topological polar surface area (TPSA) is 313 Å². The first-order valence-electron chi connectivity index (χ1n) is 27.4. The Kier molecular flexibility index (Phi) is 28.0. The van der Waals surface area contributed by atoms with Crippen molar-refractivity contribution in [2.24, 2.45) is 11.8 Å². The second-order valence-corrected chi connectivity index (χ2v) is 24.5. The van der Waals surface area contributed by atoms with Gasteiger partial charge < -0.3 is 59.4 Å². The van der Waals surface area contributed by atoms with E-state index in [1.807, 2.05) is 88.4 Å². The van der Waals surface area contributed by atoms with Gasteiger partial charge in [0.25, 0.3) is 5.69 Å². The van der Waals surface area contributed by atoms with Crippen molar-refractivity contribution in [2.75, 3.05) is 98.5 Å². The molecule has 2 saturated heterocycles. The molecule has 26 heteroatoms. The van der Waals surface area contributed by atoms with Gasteiger partial charge in [0.2, 0.25) is 20.0 Å². The number of methoxy groups -OCH3 is 1. The number of nitrogens with two attached hydrogens (primary N) is 1. The molecule has 2 heterocycles. The fraction of sp³-hybridized carbons (Fsp3) is 0.526. The van der Waals surface area contributed by atoms with Gasteiger partial charge in [-0.3, -0.25) is 10.1 Å². The van der Waals surface area contributed by atoms with E-state index in [0.717, 1.165) is 27.6 Å². The van der Waals surface area contributed by atoms with E-state index in [0.29, 0.717) is 51.6 Å². The van der Waals surface area contributed by atoms with E-state index in [4.69, 9.17) is 43.6 Å². The van der Waals surface area contributed by atoms with Crippen molar-refractivity contribution in [3.8, 4) is 0 Å². The summed E-state index contributed by atoms with van der Waals surface area (Å²) in [5, 5.41) is 27.7. The van der Waals surface area contributed by atoms with Crippen LogP contribution in [0.2, 0.25) is 0 Å². The number of carbonyl (C=O) groups is 3. The molecule has 458 valence electrons. The molecule has 4 aromatic carbocycles. The molecular weight excluding hydrogens is 1120 g/mol. The minimum absolute atomic E-state index is 0.0393. The summed E-state index contributed by atoms with van der Waals surface area (Å²) in [6.45, 7) is 9.47. The van der Waals surface area contributed by atoms with Crippen LogP contribution < -0.4 is 16.4 Å². The molecule has 4 unspecified atom stereocenters. The van der Waals surface area contributed by atoms with Gasteiger partial charge in [-0.15, -0.1) is 0 Å². The summed E-state index contributed by atoms with van der Waals surface area (Å²) >= 11 is 0. The van der Waals surface area contributed by atoms with Crippen molar-refractivity contribution >= 4 is 49.6 Å². The Hall–Kier alpha value is -6.33. The van der Waals surface area contributed by atoms with Gasteiger partial charge in [-0.1, -0.05) is 88.4 Å². The Balaban J connectivity index is 0.000000311. The summed E-state index contributed by atoms with van der Waals surface area (Å²) in [7, 11) is -6.59. The second-order valence-electron chi connectivity index (χ2n) is 20.7. The molecule has 6 rings (SSSR count). The van der Waals surface area contributed by atoms with Gasteiger partial charge in [0.05, 0.1) is 92.3 Å². The number of alkyl carbamates (subject to hydrolysis) is 2. The molecule has 2 amide bonds. The third-order valence-electron chi connectivity index (χ3n) is 12.9. The number of benzene rings is 4. The van der Waals surface area contributed by atoms with Crippen LogP contribution in [0.1, 0.15) is 51.7 Å². The van der Waals surface area contributed by atoms with E-state index in [-0.39, 0.29) is 92.3 Å². The van der Waals surface area contributed by atoms with Crippen LogP contribution in [0, 0.1) is 22.0 Å². The maximum absolute atomic E-state index is 13.9. The zero-order valence-corrected chi connectivity index (χ0v) is 49.3. The van der Waals surface area contributed by atoms with Crippen molar-refractivity contribution in [3.05, 3.63) is 130 Å². The summed E-state index contributed by atoms with van der Waals surface area (Å²) in [6.07, 6.45) is -3.04. The SMILES string of the molecule is CC(C)CN(CC(O)[C@H](Cc1ccccc1)NC(=O)OC1CCOC1)S(=O)(=O)c1ccc([N+](=O)[O-])cc1.COCCOCCOCC(=O)OC(CN(CC(C)C)S(=O)(=O)c1ccc(N)cc1)[C@H](Cc1ccccc1)NC(=O)OC1CCOC1. The van der Waals surface area contributed by atoms with E-state index in [1.165, 1.54) is 40.7 Å². The van der Waals surface area contributed by atoms with Crippen molar-refractivity contribution in [2.45, 2.75) is 99.7 Å². The molecule has 0 spiro atoms. The van der Waals surface area contributed by atoms with Crippen LogP contribution in [0.15, 0.2) is 119 Å². The number of hydrogen-bond acceptors (Lipinski definition) is 19. The molecule has 24 nitrogen and oxygen atoms in total. The second kappa shape index (κ2) is 34.4. The number of nitrogens with zero attached hydrogens (tertiary/aromatic N) is 3. The van der Waals surface area contributed by atoms with Crippen LogP contribution >= 0.6 is 0 Å². The zero-order valence-electron chi connectivity index (χ0n) is 47.7. The molecule has 2 aliphatic heterocycles. The standard InChI is InChI=1S/C32H47N3O10S.C25H33N3O8S/c1-24(2)20-35(46(38,39)28-11-9-26(33)10-12-28)21-30(45-31(36)23-43-18-17-41-16-15-40-3)29(19-25-7-5-4-6-8-25)34-32(37)44-27-13-14-42-22-27;1-18(2)15-27(37(33,34)22-10-8-20(9-11-22)28(31)32)16-24(29)23(14-19-6-4-3-5-7-19)26-25(30)36-21-12-13-35-17-21/h4-12,24,27,29-30H,13-23,33H2,1-3H3,(H,34,37);3-11,18,21,23-24,29H,12-17H2,1-2H3,(H,26,30)/t27?,29-,30?;21?,23-,24?/m00/s1. The van der Waals surface area contributed by atoms with E-state index in [1.54, 1.807) is 7.11 Å². The van der Waals surface area contributed by atoms with Gasteiger partial charge in [0.15, 0.2) is 0 Å². The smallest absolute Gasteiger partial charge is 0.407 e. The maximum atomic E-state index is 13.9. The summed E-state index contributed by atoms with van der Waals surface area (Å²) in [5.41, 5.74) is 7.67. The lowest BCUT2D eigenvalue weighted by Crippen LogP contribution is -2.53. The number of nitrogen functional groups attached to an aromatic ring is 1. The van der Waals surface area contributed by atoms with Crippen LogP contribution in [-0.4, -0.2) is 183 Å². The number of ether oxygens (including phenoxy) is 8. The first kappa shape index (κ1) is 67.5. The summed E-state index contributed by atoms with van der Waals surface area (Å²) in [6, 6.07) is 27.3. The first-order valence-corrected chi connectivity index (χ1v) is 30.3. The summed E-state index contributed by atoms with van der Waals surface area (Å²) in [4.78, 5) is 49.1. The minimum atomic E-state index is -4.10. The third kappa shape index (κ3) is 23.3. The first-order chi connectivity index (χ1) is 39.6. The number of anilines is 1. The number of amides is 2. The average molecular weight is 1200 g/mol. The molecule has 0 bridgehead atoms. The predicted octanol–water partition coefficient (Wildman–Crippen LogP) is 5.36. The summed E-state index contributed by atoms with van der Waals surface area (Å²) < 4.78 is 100. The lowest BCUT2D eigenvalue weighted by molar-refractivity contribution is -0.384. The molecular formula is C57H80N6O18S2. The fourth-order valence-electron chi connectivity index (χ4n) is 8.72. The minimum Gasteiger partial charge on any atom is -0.457 e. The average Bonchev–Trinajstić information content (AvgIpc) is 4.32. The molecule has 0 radical (unpaired) electrons. The predicted molar refractivity (Wildman–Crippen MR) is 306 cm³/mol. The van der Waals surface area contributed by atoms with Gasteiger partial charge in [-0.25, -0.2) is 31.2 Å². The number of aliphatic hydroxyl groups excluding tert-OH is 1. The number of sulfonamides is 2. The highest BCUT2D eigenvalue weighted by Gasteiger charge is 2.37. The molecule has 6 atom stereocenters. The van der Waals surface area contributed by atoms with Crippen LogP contribution in [0.5, 0.6) is 0 Å². The third-order valence-corrected chi connectivity index (χ3v) is 16.6. The Morgan fingerprint density at radius 3 is 1.59 bits per heavy atom. The van der Waals surface area contributed by atoms with Crippen LogP contribution in [-0.2, 0) is 75.6 Å². The van der Waals surface area contributed by atoms with Crippen molar-refractivity contribution < 1.29 is 79.1 Å². The van der Waals surface area contributed by atoms with E-state index >= 15 is 0 Å². The highest BCUT2D eigenvalue weighted by Crippen LogP contribution is 2.24. The van der Waals surface area contributed by atoms with Gasteiger partial charge in [-0.05, 0) is 72.2 Å². The number of nitro groups is 1. The number of nitrogens with one attached hydrogen (secondary N) is 2. The van der Waals surface area contributed by atoms with Crippen LogP contribution in [0.25, 0.3) is 0 Å². The Labute approximate surface area is 486 Å². The molecule has 0 aliphatic carbocycles. The number of aliphatic hydroxyl groups is 1. The highest BCUT2D eigenvalue weighted by atomic mass is 32.2. The molecule has 2 aliphatic rings. The quantitative estimate of drug-likeness (QED) is 0.0119. The molecule has 5 N–H and O–H groups in total. The maximum Gasteiger partial charge on any atom is 0.407 e. The number of esters is 1. The van der Waals surface area contributed by atoms with Crippen molar-refractivity contribution in [1.29, 1.82) is 0 Å². The number of rotatable bonds is 32. The zero-order chi connectivity index (χ0) is 60.4. The van der Waals surface area contributed by atoms with Gasteiger partial charge in [-0.2, -0.15) is 8.61 Å². The van der Waals surface area contributed by atoms with E-state index in [9.17, 15) is 46.4 Å². The molecule has 2 fully saturated rings. The number of nitro benzene ring substituents is 1. The number of hydrogen-bond donors (Lipinski definition) is 4. The van der Waals surface area contributed by atoms with Crippen molar-refractivity contribution in [1.82, 2.24) is 19.2 Å². The largest absolute Gasteiger partial charge is 0.457 e. The lowest BCUT2D eigenvalue weighted by Gasteiger charge is -2.33.